The minimum atomic E-state index is -0.385. The molecule has 1 N–H and O–H groups in total. The van der Waals surface area contributed by atoms with Gasteiger partial charge < -0.3 is 9.15 Å². The van der Waals surface area contributed by atoms with E-state index in [1.165, 1.54) is 10.8 Å². The van der Waals surface area contributed by atoms with E-state index in [1.807, 2.05) is 24.3 Å². The third kappa shape index (κ3) is 5.27. The van der Waals surface area contributed by atoms with E-state index in [2.05, 4.69) is 86.0 Å². The number of halogens is 2. The Labute approximate surface area is 207 Å². The Morgan fingerprint density at radius 3 is 2.55 bits per heavy atom. The minimum absolute atomic E-state index is 0.232. The number of benzene rings is 3. The zero-order valence-corrected chi connectivity index (χ0v) is 20.9. The van der Waals surface area contributed by atoms with Crippen LogP contribution < -0.4 is 10.2 Å². The van der Waals surface area contributed by atoms with Gasteiger partial charge >= 0.3 is 5.91 Å². The summed E-state index contributed by atoms with van der Waals surface area (Å²) in [6.07, 6.45) is 1.60. The average molecular weight is 636 g/mol. The van der Waals surface area contributed by atoms with Crippen LogP contribution in [-0.2, 0) is 6.61 Å². The van der Waals surface area contributed by atoms with E-state index in [1.54, 1.807) is 25.3 Å². The van der Waals surface area contributed by atoms with Crippen LogP contribution in [0.1, 0.15) is 27.4 Å². The lowest BCUT2D eigenvalue weighted by Gasteiger charge is -2.13. The average Bonchev–Trinajstić information content (AvgIpc) is 3.19. The Morgan fingerprint density at radius 1 is 1.06 bits per heavy atom. The predicted molar refractivity (Wildman–Crippen MR) is 139 cm³/mol. The van der Waals surface area contributed by atoms with Crippen molar-refractivity contribution >= 4 is 68.1 Å². The first kappa shape index (κ1) is 21.8. The van der Waals surface area contributed by atoms with Gasteiger partial charge in [-0.25, -0.2) is 5.43 Å². The predicted octanol–water partition coefficient (Wildman–Crippen LogP) is 6.29. The molecule has 0 saturated carbocycles. The molecule has 0 fully saturated rings. The number of hydrazone groups is 1. The molecule has 4 rings (SSSR count). The summed E-state index contributed by atoms with van der Waals surface area (Å²) in [5.41, 5.74) is 4.49. The Morgan fingerprint density at radius 2 is 1.81 bits per heavy atom. The second-order valence-corrected chi connectivity index (χ2v) is 9.17. The molecular formula is C24H18I2N2O3. The minimum Gasteiger partial charge on any atom is -0.487 e. The molecule has 5 nitrogen and oxygen atoms in total. The molecule has 3 aromatic carbocycles. The van der Waals surface area contributed by atoms with Crippen molar-refractivity contribution in [3.05, 3.63) is 96.5 Å². The molecule has 0 aliphatic heterocycles. The van der Waals surface area contributed by atoms with Crippen LogP contribution in [0.15, 0.2) is 76.2 Å². The highest BCUT2D eigenvalue weighted by Gasteiger charge is 2.11. The monoisotopic (exact) mass is 636 g/mol. The molecule has 0 aliphatic carbocycles. The molecule has 0 saturated heterocycles. The Bertz CT molecular complexity index is 1250. The molecule has 0 atom stereocenters. The number of hydrogen-bond donors (Lipinski definition) is 1. The first-order valence-corrected chi connectivity index (χ1v) is 11.7. The third-order valence-electron chi connectivity index (χ3n) is 4.62. The molecule has 1 amide bonds. The number of ether oxygens (including phenoxy) is 1. The fourth-order valence-electron chi connectivity index (χ4n) is 3.14. The van der Waals surface area contributed by atoms with Crippen molar-refractivity contribution in [3.8, 4) is 5.75 Å². The van der Waals surface area contributed by atoms with Crippen molar-refractivity contribution in [3.63, 3.8) is 0 Å². The largest absolute Gasteiger partial charge is 0.487 e. The maximum absolute atomic E-state index is 12.0. The van der Waals surface area contributed by atoms with Gasteiger partial charge in [-0.1, -0.05) is 42.5 Å². The van der Waals surface area contributed by atoms with E-state index in [9.17, 15) is 4.79 Å². The molecule has 1 heterocycles. The maximum atomic E-state index is 12.0. The number of nitrogens with zero attached hydrogens (tertiary/aromatic N) is 1. The van der Waals surface area contributed by atoms with Crippen LogP contribution >= 0.6 is 45.2 Å². The molecule has 0 spiro atoms. The van der Waals surface area contributed by atoms with Crippen LogP contribution in [0.25, 0.3) is 10.8 Å². The molecule has 0 radical (unpaired) electrons. The Balaban J connectivity index is 1.45. The molecular weight excluding hydrogens is 618 g/mol. The summed E-state index contributed by atoms with van der Waals surface area (Å²) < 4.78 is 13.4. The van der Waals surface area contributed by atoms with Gasteiger partial charge in [-0.3, -0.25) is 4.79 Å². The van der Waals surface area contributed by atoms with E-state index in [4.69, 9.17) is 9.15 Å². The lowest BCUT2D eigenvalue weighted by molar-refractivity contribution is 0.0926. The summed E-state index contributed by atoms with van der Waals surface area (Å²) in [4.78, 5) is 12.0. The third-order valence-corrected chi connectivity index (χ3v) is 6.22. The number of fused-ring (bicyclic) bond motifs is 1. The summed E-state index contributed by atoms with van der Waals surface area (Å²) in [7, 11) is 0. The zero-order chi connectivity index (χ0) is 21.8. The van der Waals surface area contributed by atoms with Gasteiger partial charge in [-0.2, -0.15) is 5.10 Å². The van der Waals surface area contributed by atoms with Crippen molar-refractivity contribution in [1.29, 1.82) is 0 Å². The van der Waals surface area contributed by atoms with Crippen molar-refractivity contribution in [2.75, 3.05) is 0 Å². The van der Waals surface area contributed by atoms with Crippen LogP contribution in [0.4, 0.5) is 0 Å². The van der Waals surface area contributed by atoms with Gasteiger partial charge in [0.2, 0.25) is 0 Å². The number of nitrogens with one attached hydrogen (secondary N) is 1. The lowest BCUT2D eigenvalue weighted by Crippen LogP contribution is -2.16. The van der Waals surface area contributed by atoms with Crippen molar-refractivity contribution in [2.24, 2.45) is 5.10 Å². The number of amides is 1. The highest BCUT2D eigenvalue weighted by atomic mass is 127. The van der Waals surface area contributed by atoms with Crippen LogP contribution in [0.3, 0.4) is 0 Å². The van der Waals surface area contributed by atoms with Crippen LogP contribution in [0.5, 0.6) is 5.75 Å². The lowest BCUT2D eigenvalue weighted by atomic mass is 10.1. The van der Waals surface area contributed by atoms with Gasteiger partial charge in [0.05, 0.1) is 13.4 Å². The van der Waals surface area contributed by atoms with Crippen LogP contribution in [0.2, 0.25) is 0 Å². The van der Waals surface area contributed by atoms with E-state index in [0.717, 1.165) is 24.0 Å². The summed E-state index contributed by atoms with van der Waals surface area (Å²) in [5, 5.41) is 6.43. The Kier molecular flexibility index (Phi) is 6.91. The standard InChI is InChI=1S/C24H18I2N2O3/c1-15-9-10-22(31-15)24(29)28-27-13-16-11-20(25)23(21(26)12-16)30-14-18-7-4-6-17-5-2-3-8-19(17)18/h2-13H,14H2,1H3,(H,28,29)/b27-13-. The topological polar surface area (TPSA) is 63.8 Å². The molecule has 31 heavy (non-hydrogen) atoms. The first-order valence-electron chi connectivity index (χ1n) is 9.49. The smallest absolute Gasteiger partial charge is 0.307 e. The summed E-state index contributed by atoms with van der Waals surface area (Å²) in [6, 6.07) is 21.8. The summed E-state index contributed by atoms with van der Waals surface area (Å²) >= 11 is 4.51. The van der Waals surface area contributed by atoms with Gasteiger partial charge in [0, 0.05) is 0 Å². The normalized spacial score (nSPS) is 11.2. The number of rotatable bonds is 6. The van der Waals surface area contributed by atoms with Crippen LogP contribution in [0, 0.1) is 14.1 Å². The maximum Gasteiger partial charge on any atom is 0.307 e. The second kappa shape index (κ2) is 9.82. The molecule has 0 unspecified atom stereocenters. The molecule has 156 valence electrons. The first-order chi connectivity index (χ1) is 15.0. The van der Waals surface area contributed by atoms with E-state index in [-0.39, 0.29) is 11.7 Å². The fourth-order valence-corrected chi connectivity index (χ4v) is 5.26. The SMILES string of the molecule is Cc1ccc(C(=O)N/N=C\c2cc(I)c(OCc3cccc4ccccc34)c(I)c2)o1. The molecule has 7 heteroatoms. The quantitative estimate of drug-likeness (QED) is 0.154. The molecule has 1 aromatic heterocycles. The highest BCUT2D eigenvalue weighted by molar-refractivity contribution is 14.1. The summed E-state index contributed by atoms with van der Waals surface area (Å²) in [6.45, 7) is 2.27. The number of hydrogen-bond acceptors (Lipinski definition) is 4. The number of furan rings is 1. The van der Waals surface area contributed by atoms with Crippen molar-refractivity contribution < 1.29 is 13.9 Å². The zero-order valence-electron chi connectivity index (χ0n) is 16.6. The van der Waals surface area contributed by atoms with E-state index >= 15 is 0 Å². The molecule has 0 aliphatic rings. The van der Waals surface area contributed by atoms with Gasteiger partial charge in [-0.05, 0) is 98.3 Å². The molecule has 0 bridgehead atoms. The fraction of sp³-hybridized carbons (Fsp3) is 0.0833. The Hall–Kier alpha value is -2.40. The van der Waals surface area contributed by atoms with E-state index < -0.39 is 0 Å². The van der Waals surface area contributed by atoms with E-state index in [0.29, 0.717) is 12.4 Å². The van der Waals surface area contributed by atoms with Gasteiger partial charge in [0.25, 0.3) is 0 Å². The van der Waals surface area contributed by atoms with Gasteiger partial charge in [-0.15, -0.1) is 0 Å². The van der Waals surface area contributed by atoms with Gasteiger partial charge in [0.15, 0.2) is 5.76 Å². The van der Waals surface area contributed by atoms with Crippen LogP contribution in [-0.4, -0.2) is 12.1 Å². The molecule has 4 aromatic rings. The number of aryl methyl sites for hydroxylation is 1. The van der Waals surface area contributed by atoms with Crippen molar-refractivity contribution in [2.45, 2.75) is 13.5 Å². The number of carbonyl (C=O) groups is 1. The second-order valence-electron chi connectivity index (χ2n) is 6.85. The summed E-state index contributed by atoms with van der Waals surface area (Å²) in [5.74, 6) is 1.36. The highest BCUT2D eigenvalue weighted by Crippen LogP contribution is 2.30. The number of carbonyl (C=O) groups excluding carboxylic acids is 1. The van der Waals surface area contributed by atoms with Crippen molar-refractivity contribution in [1.82, 2.24) is 5.43 Å². The van der Waals surface area contributed by atoms with Gasteiger partial charge in [0.1, 0.15) is 18.1 Å².